The standard InChI is InChI=1S/C18H17N3O/c1-13-6-7-14(2)16(11-13)17-8-9-18(22)21(20-17)12-15-5-3-4-10-19-15/h3-11H,12H2,1-2H3. The van der Waals surface area contributed by atoms with E-state index in [0.717, 1.165) is 22.5 Å². The minimum absolute atomic E-state index is 0.125. The van der Waals surface area contributed by atoms with E-state index in [2.05, 4.69) is 28.3 Å². The third-order valence-electron chi connectivity index (χ3n) is 3.57. The van der Waals surface area contributed by atoms with Gasteiger partial charge in [0.1, 0.15) is 0 Å². The van der Waals surface area contributed by atoms with Crippen LogP contribution in [0, 0.1) is 13.8 Å². The molecule has 4 nitrogen and oxygen atoms in total. The van der Waals surface area contributed by atoms with Crippen molar-refractivity contribution in [2.45, 2.75) is 20.4 Å². The summed E-state index contributed by atoms with van der Waals surface area (Å²) in [6, 6.07) is 15.2. The lowest BCUT2D eigenvalue weighted by Gasteiger charge is -2.09. The molecule has 1 aromatic carbocycles. The first-order valence-electron chi connectivity index (χ1n) is 7.19. The van der Waals surface area contributed by atoms with Gasteiger partial charge in [0.25, 0.3) is 5.56 Å². The molecule has 0 atom stereocenters. The molecule has 0 amide bonds. The van der Waals surface area contributed by atoms with Crippen molar-refractivity contribution >= 4 is 0 Å². The molecule has 4 heteroatoms. The Kier molecular flexibility index (Phi) is 3.83. The fourth-order valence-electron chi connectivity index (χ4n) is 2.36. The topological polar surface area (TPSA) is 47.8 Å². The first-order chi connectivity index (χ1) is 10.6. The molecule has 0 radical (unpaired) electrons. The largest absolute Gasteiger partial charge is 0.268 e. The summed E-state index contributed by atoms with van der Waals surface area (Å²) in [5, 5.41) is 4.50. The van der Waals surface area contributed by atoms with Gasteiger partial charge >= 0.3 is 0 Å². The molecular weight excluding hydrogens is 274 g/mol. The molecule has 0 aliphatic rings. The van der Waals surface area contributed by atoms with Crippen LogP contribution in [0.4, 0.5) is 0 Å². The van der Waals surface area contributed by atoms with Crippen molar-refractivity contribution in [1.29, 1.82) is 0 Å². The number of aryl methyl sites for hydroxylation is 2. The van der Waals surface area contributed by atoms with E-state index in [1.165, 1.54) is 10.2 Å². The summed E-state index contributed by atoms with van der Waals surface area (Å²) >= 11 is 0. The van der Waals surface area contributed by atoms with Crippen LogP contribution in [-0.4, -0.2) is 14.8 Å². The number of rotatable bonds is 3. The van der Waals surface area contributed by atoms with Gasteiger partial charge in [0.2, 0.25) is 0 Å². The maximum Gasteiger partial charge on any atom is 0.267 e. The number of pyridine rings is 1. The number of benzene rings is 1. The van der Waals surface area contributed by atoms with Gasteiger partial charge in [0, 0.05) is 17.8 Å². The molecule has 0 N–H and O–H groups in total. The van der Waals surface area contributed by atoms with Crippen LogP contribution in [0.25, 0.3) is 11.3 Å². The Morgan fingerprint density at radius 1 is 1.05 bits per heavy atom. The number of hydrogen-bond acceptors (Lipinski definition) is 3. The third-order valence-corrected chi connectivity index (χ3v) is 3.57. The number of hydrogen-bond donors (Lipinski definition) is 0. The highest BCUT2D eigenvalue weighted by Crippen LogP contribution is 2.21. The molecule has 0 aliphatic heterocycles. The summed E-state index contributed by atoms with van der Waals surface area (Å²) in [6.45, 7) is 4.47. The van der Waals surface area contributed by atoms with E-state index < -0.39 is 0 Å². The van der Waals surface area contributed by atoms with Crippen LogP contribution in [0.2, 0.25) is 0 Å². The zero-order valence-electron chi connectivity index (χ0n) is 12.7. The molecule has 3 rings (SSSR count). The zero-order chi connectivity index (χ0) is 15.5. The Bertz CT molecular complexity index is 854. The quantitative estimate of drug-likeness (QED) is 0.745. The predicted octanol–water partition coefficient (Wildman–Crippen LogP) is 2.97. The number of nitrogens with zero attached hydrogens (tertiary/aromatic N) is 3. The molecular formula is C18H17N3O. The van der Waals surface area contributed by atoms with Gasteiger partial charge < -0.3 is 0 Å². The van der Waals surface area contributed by atoms with Crippen LogP contribution in [0.15, 0.2) is 59.5 Å². The van der Waals surface area contributed by atoms with Gasteiger partial charge in [0.15, 0.2) is 0 Å². The lowest BCUT2D eigenvalue weighted by atomic mass is 10.0. The van der Waals surface area contributed by atoms with Gasteiger partial charge in [-0.25, -0.2) is 4.68 Å². The molecule has 0 saturated carbocycles. The van der Waals surface area contributed by atoms with Crippen molar-refractivity contribution in [3.63, 3.8) is 0 Å². The molecule has 0 unspecified atom stereocenters. The summed E-state index contributed by atoms with van der Waals surface area (Å²) in [6.07, 6.45) is 1.72. The maximum absolute atomic E-state index is 12.0. The lowest BCUT2D eigenvalue weighted by molar-refractivity contribution is 0.631. The first kappa shape index (κ1) is 14.2. The summed E-state index contributed by atoms with van der Waals surface area (Å²) in [5.74, 6) is 0. The van der Waals surface area contributed by atoms with E-state index in [0.29, 0.717) is 6.54 Å². The van der Waals surface area contributed by atoms with Crippen molar-refractivity contribution in [2.75, 3.05) is 0 Å². The molecule has 0 saturated heterocycles. The molecule has 0 aliphatic carbocycles. The van der Waals surface area contributed by atoms with Gasteiger partial charge in [0.05, 0.1) is 17.9 Å². The lowest BCUT2D eigenvalue weighted by Crippen LogP contribution is -2.23. The number of aromatic nitrogens is 3. The zero-order valence-corrected chi connectivity index (χ0v) is 12.7. The summed E-state index contributed by atoms with van der Waals surface area (Å²) in [5.41, 5.74) is 4.85. The monoisotopic (exact) mass is 291 g/mol. The van der Waals surface area contributed by atoms with Crippen LogP contribution < -0.4 is 5.56 Å². The van der Waals surface area contributed by atoms with E-state index in [4.69, 9.17) is 0 Å². The van der Waals surface area contributed by atoms with Crippen LogP contribution in [0.3, 0.4) is 0 Å². The average molecular weight is 291 g/mol. The van der Waals surface area contributed by atoms with Crippen LogP contribution in [0.1, 0.15) is 16.8 Å². The fraction of sp³-hybridized carbons (Fsp3) is 0.167. The molecule has 2 aromatic heterocycles. The SMILES string of the molecule is Cc1ccc(C)c(-c2ccc(=O)n(Cc3ccccn3)n2)c1. The van der Waals surface area contributed by atoms with Crippen LogP contribution >= 0.6 is 0 Å². The highest BCUT2D eigenvalue weighted by atomic mass is 16.1. The van der Waals surface area contributed by atoms with Crippen LogP contribution in [0.5, 0.6) is 0 Å². The Hall–Kier alpha value is -2.75. The molecule has 2 heterocycles. The van der Waals surface area contributed by atoms with Crippen molar-refractivity contribution in [1.82, 2.24) is 14.8 Å². The average Bonchev–Trinajstić information content (AvgIpc) is 2.53. The molecule has 22 heavy (non-hydrogen) atoms. The molecule has 0 spiro atoms. The summed E-state index contributed by atoms with van der Waals surface area (Å²) in [7, 11) is 0. The molecule has 0 fully saturated rings. The van der Waals surface area contributed by atoms with E-state index in [-0.39, 0.29) is 5.56 Å². The van der Waals surface area contributed by atoms with Crippen LogP contribution in [-0.2, 0) is 6.54 Å². The second kappa shape index (κ2) is 5.93. The van der Waals surface area contributed by atoms with Crippen molar-refractivity contribution in [2.24, 2.45) is 0 Å². The third kappa shape index (κ3) is 2.96. The van der Waals surface area contributed by atoms with Gasteiger partial charge in [-0.3, -0.25) is 9.78 Å². The van der Waals surface area contributed by atoms with E-state index in [1.807, 2.05) is 32.0 Å². The highest BCUT2D eigenvalue weighted by molar-refractivity contribution is 5.63. The normalized spacial score (nSPS) is 10.6. The Morgan fingerprint density at radius 2 is 1.91 bits per heavy atom. The second-order valence-corrected chi connectivity index (χ2v) is 5.35. The summed E-state index contributed by atoms with van der Waals surface area (Å²) in [4.78, 5) is 16.3. The van der Waals surface area contributed by atoms with Gasteiger partial charge in [-0.15, -0.1) is 0 Å². The Balaban J connectivity index is 2.03. The van der Waals surface area contributed by atoms with E-state index in [9.17, 15) is 4.79 Å². The van der Waals surface area contributed by atoms with E-state index in [1.54, 1.807) is 18.3 Å². The maximum atomic E-state index is 12.0. The Labute approximate surface area is 129 Å². The highest BCUT2D eigenvalue weighted by Gasteiger charge is 2.07. The first-order valence-corrected chi connectivity index (χ1v) is 7.19. The minimum atomic E-state index is -0.125. The minimum Gasteiger partial charge on any atom is -0.268 e. The Morgan fingerprint density at radius 3 is 2.68 bits per heavy atom. The molecule has 110 valence electrons. The van der Waals surface area contributed by atoms with Crippen molar-refractivity contribution in [3.05, 3.63) is 81.9 Å². The smallest absolute Gasteiger partial charge is 0.267 e. The second-order valence-electron chi connectivity index (χ2n) is 5.35. The van der Waals surface area contributed by atoms with Gasteiger partial charge in [-0.2, -0.15) is 5.10 Å². The fourth-order valence-corrected chi connectivity index (χ4v) is 2.36. The predicted molar refractivity (Wildman–Crippen MR) is 86.7 cm³/mol. The summed E-state index contributed by atoms with van der Waals surface area (Å²) < 4.78 is 1.46. The van der Waals surface area contributed by atoms with Gasteiger partial charge in [-0.1, -0.05) is 23.8 Å². The molecule has 0 bridgehead atoms. The van der Waals surface area contributed by atoms with E-state index >= 15 is 0 Å². The van der Waals surface area contributed by atoms with Crippen molar-refractivity contribution < 1.29 is 0 Å². The van der Waals surface area contributed by atoms with Crippen molar-refractivity contribution in [3.8, 4) is 11.3 Å². The molecule has 3 aromatic rings. The van der Waals surface area contributed by atoms with Gasteiger partial charge in [-0.05, 0) is 43.7 Å².